The summed E-state index contributed by atoms with van der Waals surface area (Å²) < 4.78 is 26.8. The minimum Gasteiger partial charge on any atom is -0.384 e. The molecule has 0 heterocycles. The van der Waals surface area contributed by atoms with Crippen LogP contribution in [0.2, 0.25) is 0 Å². The van der Waals surface area contributed by atoms with E-state index in [4.69, 9.17) is 0 Å². The first-order chi connectivity index (χ1) is 10.1. The largest absolute Gasteiger partial charge is 0.384 e. The van der Waals surface area contributed by atoms with E-state index in [2.05, 4.69) is 16.1 Å². The number of hydrogen-bond acceptors (Lipinski definition) is 3. The van der Waals surface area contributed by atoms with Crippen molar-refractivity contribution in [3.8, 4) is 0 Å². The Morgan fingerprint density at radius 1 is 1.19 bits per heavy atom. The Morgan fingerprint density at radius 3 is 2.71 bits per heavy atom. The summed E-state index contributed by atoms with van der Waals surface area (Å²) >= 11 is 0. The average Bonchev–Trinajstić information content (AvgIpc) is 2.49. The van der Waals surface area contributed by atoms with Gasteiger partial charge in [-0.25, -0.2) is 13.1 Å². The molecule has 0 saturated carbocycles. The zero-order valence-corrected chi connectivity index (χ0v) is 13.4. The molecule has 0 radical (unpaired) electrons. The number of hydrogen-bond donors (Lipinski definition) is 2. The molecule has 0 atom stereocenters. The number of rotatable bonds is 7. The van der Waals surface area contributed by atoms with Gasteiger partial charge in [0.05, 0.1) is 5.69 Å². The van der Waals surface area contributed by atoms with Crippen molar-refractivity contribution < 1.29 is 8.42 Å². The van der Waals surface area contributed by atoms with Gasteiger partial charge in [-0.15, -0.1) is 0 Å². The standard InChI is InChI=1S/C16H24N2O2S/c1-2-18-21(19,20)16-11-7-6-10-15(16)17-13-12-14-8-4-3-5-9-14/h6-8,10-11,17-18H,2-5,9,12-13H2,1H3. The van der Waals surface area contributed by atoms with Crippen LogP contribution in [0.3, 0.4) is 0 Å². The van der Waals surface area contributed by atoms with Crippen molar-refractivity contribution in [1.29, 1.82) is 0 Å². The Kier molecular flexibility index (Phi) is 5.82. The van der Waals surface area contributed by atoms with Crippen molar-refractivity contribution in [2.75, 3.05) is 18.4 Å². The van der Waals surface area contributed by atoms with Crippen molar-refractivity contribution in [2.45, 2.75) is 43.9 Å². The molecule has 1 aliphatic carbocycles. The van der Waals surface area contributed by atoms with Crippen LogP contribution in [0.5, 0.6) is 0 Å². The summed E-state index contributed by atoms with van der Waals surface area (Å²) in [6.45, 7) is 2.94. The van der Waals surface area contributed by atoms with Crippen molar-refractivity contribution in [1.82, 2.24) is 4.72 Å². The number of anilines is 1. The fourth-order valence-corrected chi connectivity index (χ4v) is 3.83. The van der Waals surface area contributed by atoms with Crippen LogP contribution < -0.4 is 10.0 Å². The molecule has 0 saturated heterocycles. The van der Waals surface area contributed by atoms with E-state index in [0.717, 1.165) is 13.0 Å². The lowest BCUT2D eigenvalue weighted by Crippen LogP contribution is -2.24. The average molecular weight is 308 g/mol. The van der Waals surface area contributed by atoms with E-state index >= 15 is 0 Å². The second-order valence-corrected chi connectivity index (χ2v) is 7.02. The molecule has 1 aliphatic rings. The molecule has 0 unspecified atom stereocenters. The van der Waals surface area contributed by atoms with Crippen LogP contribution in [-0.2, 0) is 10.0 Å². The van der Waals surface area contributed by atoms with Gasteiger partial charge in [-0.3, -0.25) is 0 Å². The van der Waals surface area contributed by atoms with Gasteiger partial charge in [0.25, 0.3) is 0 Å². The van der Waals surface area contributed by atoms with Crippen molar-refractivity contribution in [3.63, 3.8) is 0 Å². The van der Waals surface area contributed by atoms with E-state index in [9.17, 15) is 8.42 Å². The smallest absolute Gasteiger partial charge is 0.242 e. The zero-order valence-electron chi connectivity index (χ0n) is 12.6. The topological polar surface area (TPSA) is 58.2 Å². The number of benzene rings is 1. The molecule has 5 heteroatoms. The normalized spacial score (nSPS) is 15.6. The van der Waals surface area contributed by atoms with Gasteiger partial charge in [-0.2, -0.15) is 0 Å². The van der Waals surface area contributed by atoms with Gasteiger partial charge in [-0.1, -0.05) is 30.7 Å². The molecule has 0 bridgehead atoms. The number of allylic oxidation sites excluding steroid dienone is 1. The molecule has 2 rings (SSSR count). The lowest BCUT2D eigenvalue weighted by atomic mass is 9.97. The van der Waals surface area contributed by atoms with Crippen LogP contribution in [0.1, 0.15) is 39.0 Å². The Hall–Kier alpha value is -1.33. The lowest BCUT2D eigenvalue weighted by Gasteiger charge is -2.15. The Morgan fingerprint density at radius 2 is 2.00 bits per heavy atom. The van der Waals surface area contributed by atoms with Crippen molar-refractivity contribution in [2.24, 2.45) is 0 Å². The quantitative estimate of drug-likeness (QED) is 0.760. The monoisotopic (exact) mass is 308 g/mol. The molecule has 1 aromatic rings. The Balaban J connectivity index is 2.01. The summed E-state index contributed by atoms with van der Waals surface area (Å²) in [5.74, 6) is 0. The summed E-state index contributed by atoms with van der Waals surface area (Å²) in [4.78, 5) is 0.324. The van der Waals surface area contributed by atoms with Gasteiger partial charge in [0.2, 0.25) is 10.0 Å². The fraction of sp³-hybridized carbons (Fsp3) is 0.500. The van der Waals surface area contributed by atoms with E-state index < -0.39 is 10.0 Å². The van der Waals surface area contributed by atoms with Crippen LogP contribution in [0.4, 0.5) is 5.69 Å². The Labute approximate surface area is 127 Å². The third kappa shape index (κ3) is 4.58. The summed E-state index contributed by atoms with van der Waals surface area (Å²) in [5, 5.41) is 3.27. The summed E-state index contributed by atoms with van der Waals surface area (Å²) in [6.07, 6.45) is 8.24. The van der Waals surface area contributed by atoms with E-state index in [1.807, 2.05) is 12.1 Å². The molecule has 0 aliphatic heterocycles. The SMILES string of the molecule is CCNS(=O)(=O)c1ccccc1NCCC1=CCCCC1. The molecule has 1 aromatic carbocycles. The predicted octanol–water partition coefficient (Wildman–Crippen LogP) is 3.29. The van der Waals surface area contributed by atoms with Crippen molar-refractivity contribution >= 4 is 15.7 Å². The fourth-order valence-electron chi connectivity index (χ4n) is 2.60. The highest BCUT2D eigenvalue weighted by Crippen LogP contribution is 2.23. The number of nitrogens with one attached hydrogen (secondary N) is 2. The molecule has 0 spiro atoms. The second-order valence-electron chi connectivity index (χ2n) is 5.28. The predicted molar refractivity (Wildman–Crippen MR) is 87.0 cm³/mol. The third-order valence-corrected chi connectivity index (χ3v) is 5.26. The van der Waals surface area contributed by atoms with Gasteiger partial charge in [-0.05, 0) is 44.2 Å². The molecular weight excluding hydrogens is 284 g/mol. The minimum absolute atomic E-state index is 0.324. The number of sulfonamides is 1. The van der Waals surface area contributed by atoms with Gasteiger partial charge in [0, 0.05) is 13.1 Å². The van der Waals surface area contributed by atoms with Crippen molar-refractivity contribution in [3.05, 3.63) is 35.9 Å². The molecule has 0 fully saturated rings. The van der Waals surface area contributed by atoms with E-state index in [-0.39, 0.29) is 0 Å². The van der Waals surface area contributed by atoms with Crippen LogP contribution in [-0.4, -0.2) is 21.5 Å². The maximum Gasteiger partial charge on any atom is 0.242 e. The van der Waals surface area contributed by atoms with Crippen LogP contribution in [0.25, 0.3) is 0 Å². The Bertz CT molecular complexity index is 594. The number of para-hydroxylation sites is 1. The van der Waals surface area contributed by atoms with Crippen LogP contribution in [0, 0.1) is 0 Å². The zero-order chi connectivity index (χ0) is 15.1. The molecule has 116 valence electrons. The third-order valence-electron chi connectivity index (χ3n) is 3.66. The second kappa shape index (κ2) is 7.61. The summed E-state index contributed by atoms with van der Waals surface area (Å²) in [6, 6.07) is 7.06. The summed E-state index contributed by atoms with van der Waals surface area (Å²) in [7, 11) is -3.42. The highest BCUT2D eigenvalue weighted by atomic mass is 32.2. The first-order valence-electron chi connectivity index (χ1n) is 7.64. The van der Waals surface area contributed by atoms with E-state index in [0.29, 0.717) is 17.1 Å². The highest BCUT2D eigenvalue weighted by Gasteiger charge is 2.16. The van der Waals surface area contributed by atoms with Gasteiger partial charge >= 0.3 is 0 Å². The minimum atomic E-state index is -3.42. The molecule has 0 amide bonds. The molecular formula is C16H24N2O2S. The van der Waals surface area contributed by atoms with E-state index in [1.54, 1.807) is 19.1 Å². The van der Waals surface area contributed by atoms with E-state index in [1.165, 1.54) is 31.3 Å². The highest BCUT2D eigenvalue weighted by molar-refractivity contribution is 7.89. The van der Waals surface area contributed by atoms with Gasteiger partial charge in [0.1, 0.15) is 4.90 Å². The summed E-state index contributed by atoms with van der Waals surface area (Å²) in [5.41, 5.74) is 2.16. The molecule has 0 aromatic heterocycles. The molecule has 21 heavy (non-hydrogen) atoms. The first-order valence-corrected chi connectivity index (χ1v) is 9.12. The maximum atomic E-state index is 12.2. The lowest BCUT2D eigenvalue weighted by molar-refractivity contribution is 0.584. The van der Waals surface area contributed by atoms with Gasteiger partial charge < -0.3 is 5.32 Å². The molecule has 4 nitrogen and oxygen atoms in total. The van der Waals surface area contributed by atoms with Crippen LogP contribution >= 0.6 is 0 Å². The first kappa shape index (κ1) is 16.0. The van der Waals surface area contributed by atoms with Gasteiger partial charge in [0.15, 0.2) is 0 Å². The molecule has 2 N–H and O–H groups in total. The van der Waals surface area contributed by atoms with Crippen LogP contribution in [0.15, 0.2) is 40.8 Å². The maximum absolute atomic E-state index is 12.2.